The molecule has 0 saturated carbocycles. The van der Waals surface area contributed by atoms with Gasteiger partial charge in [0.25, 0.3) is 5.91 Å². The molecule has 3 N–H and O–H groups in total. The standard InChI is InChI=1S/C23H27F4N5O2/c1-28-20-19(22(33)30-11-4-12-34-29-2)32(14-15-7-9-18(24)10-8-15)21(31-20)16-5-3-6-17(13-16)23(25,26)27/h3,5-10,17,28-29H,4,11-14H2,1-2H3,(H,30,33). The number of hydroxylamine groups is 1. The lowest BCUT2D eigenvalue weighted by Crippen LogP contribution is -2.29. The normalized spacial score (nSPS) is 15.8. The van der Waals surface area contributed by atoms with E-state index in [9.17, 15) is 22.4 Å². The van der Waals surface area contributed by atoms with Crippen LogP contribution >= 0.6 is 0 Å². The number of amides is 1. The molecule has 0 fully saturated rings. The van der Waals surface area contributed by atoms with Crippen molar-refractivity contribution in [3.8, 4) is 0 Å². The molecule has 3 rings (SSSR count). The molecule has 2 aromatic rings. The summed E-state index contributed by atoms with van der Waals surface area (Å²) in [5.74, 6) is -2.02. The molecule has 34 heavy (non-hydrogen) atoms. The number of anilines is 1. The number of hydrogen-bond donors (Lipinski definition) is 3. The van der Waals surface area contributed by atoms with Gasteiger partial charge >= 0.3 is 6.18 Å². The van der Waals surface area contributed by atoms with Crippen LogP contribution in [0.15, 0.2) is 42.5 Å². The van der Waals surface area contributed by atoms with Crippen molar-refractivity contribution in [2.75, 3.05) is 32.6 Å². The average Bonchev–Trinajstić information content (AvgIpc) is 3.18. The second-order valence-corrected chi connectivity index (χ2v) is 7.69. The van der Waals surface area contributed by atoms with E-state index in [1.165, 1.54) is 18.2 Å². The third-order valence-electron chi connectivity index (χ3n) is 5.31. The Bertz CT molecular complexity index is 1040. The first-order chi connectivity index (χ1) is 16.2. The van der Waals surface area contributed by atoms with Gasteiger partial charge in [0.2, 0.25) is 0 Å². The van der Waals surface area contributed by atoms with Crippen LogP contribution in [0.4, 0.5) is 23.4 Å². The zero-order chi connectivity index (χ0) is 24.7. The van der Waals surface area contributed by atoms with Crippen molar-refractivity contribution < 1.29 is 27.2 Å². The zero-order valence-corrected chi connectivity index (χ0v) is 18.9. The minimum Gasteiger partial charge on any atom is -0.371 e. The van der Waals surface area contributed by atoms with Gasteiger partial charge in [0.1, 0.15) is 11.6 Å². The maximum Gasteiger partial charge on any atom is 0.395 e. The largest absolute Gasteiger partial charge is 0.395 e. The molecule has 1 aliphatic rings. The number of nitrogens with one attached hydrogen (secondary N) is 3. The molecule has 1 aliphatic carbocycles. The molecule has 184 valence electrons. The quantitative estimate of drug-likeness (QED) is 0.273. The fraction of sp³-hybridized carbons (Fsp3) is 0.391. The number of allylic oxidation sites excluding steroid dienone is 4. The van der Waals surface area contributed by atoms with Crippen molar-refractivity contribution in [3.05, 3.63) is 65.4 Å². The Kier molecular flexibility index (Phi) is 8.46. The van der Waals surface area contributed by atoms with Crippen molar-refractivity contribution in [1.29, 1.82) is 0 Å². The van der Waals surface area contributed by atoms with Crippen LogP contribution < -0.4 is 16.1 Å². The number of hydrogen-bond acceptors (Lipinski definition) is 5. The van der Waals surface area contributed by atoms with Gasteiger partial charge in [-0.25, -0.2) is 14.9 Å². The molecule has 0 saturated heterocycles. The van der Waals surface area contributed by atoms with Crippen molar-refractivity contribution in [2.24, 2.45) is 5.92 Å². The van der Waals surface area contributed by atoms with Gasteiger partial charge in [0.05, 0.1) is 12.5 Å². The van der Waals surface area contributed by atoms with Crippen LogP contribution in [0.1, 0.15) is 34.7 Å². The lowest BCUT2D eigenvalue weighted by Gasteiger charge is -2.22. The summed E-state index contributed by atoms with van der Waals surface area (Å²) < 4.78 is 55.1. The van der Waals surface area contributed by atoms with E-state index in [1.54, 1.807) is 36.9 Å². The van der Waals surface area contributed by atoms with Gasteiger partial charge in [0, 0.05) is 27.2 Å². The van der Waals surface area contributed by atoms with Crippen LogP contribution in [0, 0.1) is 11.7 Å². The fourth-order valence-corrected chi connectivity index (χ4v) is 3.63. The van der Waals surface area contributed by atoms with Crippen molar-refractivity contribution in [1.82, 2.24) is 20.3 Å². The Labute approximate surface area is 194 Å². The minimum absolute atomic E-state index is 0.119. The maximum atomic E-state index is 13.4. The monoisotopic (exact) mass is 481 g/mol. The molecular weight excluding hydrogens is 454 g/mol. The van der Waals surface area contributed by atoms with E-state index < -0.39 is 23.8 Å². The van der Waals surface area contributed by atoms with Crippen LogP contribution in [-0.4, -0.2) is 48.9 Å². The molecule has 7 nitrogen and oxygen atoms in total. The Morgan fingerprint density at radius 3 is 2.62 bits per heavy atom. The van der Waals surface area contributed by atoms with Gasteiger partial charge in [-0.15, -0.1) is 0 Å². The van der Waals surface area contributed by atoms with Gasteiger partial charge < -0.3 is 20.0 Å². The molecule has 0 aliphatic heterocycles. The maximum absolute atomic E-state index is 13.4. The van der Waals surface area contributed by atoms with Crippen molar-refractivity contribution in [2.45, 2.75) is 25.6 Å². The van der Waals surface area contributed by atoms with Crippen LogP contribution in [-0.2, 0) is 11.4 Å². The molecule has 1 heterocycles. The number of carbonyl (C=O) groups excluding carboxylic acids is 1. The Balaban J connectivity index is 1.98. The summed E-state index contributed by atoms with van der Waals surface area (Å²) >= 11 is 0. The number of carbonyl (C=O) groups is 1. The predicted molar refractivity (Wildman–Crippen MR) is 121 cm³/mol. The van der Waals surface area contributed by atoms with E-state index in [-0.39, 0.29) is 30.3 Å². The van der Waals surface area contributed by atoms with Crippen LogP contribution in [0.2, 0.25) is 0 Å². The molecule has 1 unspecified atom stereocenters. The van der Waals surface area contributed by atoms with E-state index in [4.69, 9.17) is 4.84 Å². The van der Waals surface area contributed by atoms with E-state index in [0.29, 0.717) is 30.7 Å². The van der Waals surface area contributed by atoms with Gasteiger partial charge in [0.15, 0.2) is 11.5 Å². The summed E-state index contributed by atoms with van der Waals surface area (Å²) in [6.07, 6.45) is -0.117. The number of imidazole rings is 1. The Morgan fingerprint density at radius 2 is 1.97 bits per heavy atom. The molecule has 1 aromatic carbocycles. The first-order valence-corrected chi connectivity index (χ1v) is 10.8. The van der Waals surface area contributed by atoms with Gasteiger partial charge in [-0.3, -0.25) is 4.79 Å². The summed E-state index contributed by atoms with van der Waals surface area (Å²) in [5, 5.41) is 5.66. The molecule has 11 heteroatoms. The minimum atomic E-state index is -4.40. The molecule has 1 atom stereocenters. The highest BCUT2D eigenvalue weighted by atomic mass is 19.4. The second kappa shape index (κ2) is 11.3. The second-order valence-electron chi connectivity index (χ2n) is 7.69. The first kappa shape index (κ1) is 25.4. The number of alkyl halides is 3. The average molecular weight is 481 g/mol. The van der Waals surface area contributed by atoms with E-state index in [2.05, 4.69) is 21.1 Å². The van der Waals surface area contributed by atoms with Crippen molar-refractivity contribution in [3.63, 3.8) is 0 Å². The molecule has 1 amide bonds. The zero-order valence-electron chi connectivity index (χ0n) is 18.9. The summed E-state index contributed by atoms with van der Waals surface area (Å²) in [5.41, 5.74) is 3.74. The molecule has 0 bridgehead atoms. The van der Waals surface area contributed by atoms with E-state index in [0.717, 1.165) is 6.08 Å². The van der Waals surface area contributed by atoms with Gasteiger partial charge in [-0.05, 0) is 36.1 Å². The smallest absolute Gasteiger partial charge is 0.371 e. The third kappa shape index (κ3) is 6.23. The summed E-state index contributed by atoms with van der Waals surface area (Å²) in [6.45, 7) is 0.823. The topological polar surface area (TPSA) is 80.2 Å². The lowest BCUT2D eigenvalue weighted by molar-refractivity contribution is -0.159. The van der Waals surface area contributed by atoms with Crippen LogP contribution in [0.25, 0.3) is 5.57 Å². The van der Waals surface area contributed by atoms with Crippen molar-refractivity contribution >= 4 is 17.3 Å². The molecule has 0 radical (unpaired) electrons. The molecule has 1 aromatic heterocycles. The highest BCUT2D eigenvalue weighted by Gasteiger charge is 2.40. The first-order valence-electron chi connectivity index (χ1n) is 10.8. The number of halogens is 4. The Hall–Kier alpha value is -3.18. The number of benzene rings is 1. The van der Waals surface area contributed by atoms with E-state index >= 15 is 0 Å². The predicted octanol–water partition coefficient (Wildman–Crippen LogP) is 3.90. The van der Waals surface area contributed by atoms with Crippen LogP contribution in [0.5, 0.6) is 0 Å². The highest BCUT2D eigenvalue weighted by molar-refractivity contribution is 5.98. The van der Waals surface area contributed by atoms with Gasteiger partial charge in [-0.1, -0.05) is 30.4 Å². The van der Waals surface area contributed by atoms with E-state index in [1.807, 2.05) is 0 Å². The number of nitrogens with zero attached hydrogens (tertiary/aromatic N) is 2. The molecular formula is C23H27F4N5O2. The Morgan fingerprint density at radius 1 is 1.24 bits per heavy atom. The third-order valence-corrected chi connectivity index (χ3v) is 5.31. The molecule has 0 spiro atoms. The summed E-state index contributed by atoms with van der Waals surface area (Å²) in [4.78, 5) is 22.6. The summed E-state index contributed by atoms with van der Waals surface area (Å²) in [7, 11) is 3.21. The highest BCUT2D eigenvalue weighted by Crippen LogP contribution is 2.38. The van der Waals surface area contributed by atoms with Crippen LogP contribution in [0.3, 0.4) is 0 Å². The fourth-order valence-electron chi connectivity index (χ4n) is 3.63. The summed E-state index contributed by atoms with van der Waals surface area (Å²) in [6, 6.07) is 5.69. The SMILES string of the molecule is CNOCCCNC(=O)c1c(NC)nc(C2=CC=CC(C(F)(F)F)C2)n1Cc1ccc(F)cc1. The lowest BCUT2D eigenvalue weighted by atomic mass is 9.93. The number of aromatic nitrogens is 2. The van der Waals surface area contributed by atoms with Gasteiger partial charge in [-0.2, -0.15) is 13.2 Å². The number of rotatable bonds is 10.